The highest BCUT2D eigenvalue weighted by atomic mass is 16.8. The third-order valence-electron chi connectivity index (χ3n) is 1.39. The van der Waals surface area contributed by atoms with Crippen LogP contribution in [-0.2, 0) is 4.74 Å². The zero-order valence-electron chi connectivity index (χ0n) is 8.10. The molecule has 14 heavy (non-hydrogen) atoms. The van der Waals surface area contributed by atoms with E-state index in [1.807, 2.05) is 0 Å². The summed E-state index contributed by atoms with van der Waals surface area (Å²) in [6.45, 7) is 4.89. The van der Waals surface area contributed by atoms with Crippen molar-refractivity contribution in [2.24, 2.45) is 0 Å². The highest BCUT2D eigenvalue weighted by Gasteiger charge is 2.17. The lowest BCUT2D eigenvalue weighted by molar-refractivity contribution is -0.806. The maximum atomic E-state index is 11.1. The minimum Gasteiger partial charge on any atom is -0.447 e. The molecule has 0 aliphatic carbocycles. The van der Waals surface area contributed by atoms with Gasteiger partial charge in [-0.1, -0.05) is 0 Å². The second kappa shape index (κ2) is 3.95. The molecule has 1 amide bonds. The number of nitrogens with zero attached hydrogens (tertiary/aromatic N) is 2. The Morgan fingerprint density at radius 2 is 2.36 bits per heavy atom. The summed E-state index contributed by atoms with van der Waals surface area (Å²) in [5.41, 5.74) is 0.172. The Hall–Kier alpha value is -1.79. The Labute approximate surface area is 80.2 Å². The van der Waals surface area contributed by atoms with Crippen LogP contribution < -0.4 is 10.2 Å². The molecule has 0 saturated heterocycles. The fourth-order valence-corrected chi connectivity index (χ4v) is 0.745. The predicted octanol–water partition coefficient (Wildman–Crippen LogP) is 0.573. The summed E-state index contributed by atoms with van der Waals surface area (Å²) in [5.74, 6) is 0.0608. The third kappa shape index (κ3) is 2.35. The molecule has 1 N–H and O–H groups in total. The van der Waals surface area contributed by atoms with Crippen LogP contribution in [0, 0.1) is 12.1 Å². The molecule has 1 heterocycles. The number of rotatable bonds is 2. The average Bonchev–Trinajstić information content (AvgIpc) is 2.34. The van der Waals surface area contributed by atoms with E-state index in [2.05, 4.69) is 15.1 Å². The van der Waals surface area contributed by atoms with E-state index in [9.17, 15) is 10.0 Å². The fraction of sp³-hybridized carbons (Fsp3) is 0.571. The molecule has 0 aliphatic rings. The smallest absolute Gasteiger partial charge is 0.414 e. The van der Waals surface area contributed by atoms with Crippen LogP contribution in [0.5, 0.6) is 0 Å². The summed E-state index contributed by atoms with van der Waals surface area (Å²) in [5, 5.41) is 16.3. The maximum absolute atomic E-state index is 11.1. The largest absolute Gasteiger partial charge is 0.447 e. The second-order valence-electron chi connectivity index (χ2n) is 2.94. The lowest BCUT2D eigenvalue weighted by atomic mass is 10.5. The van der Waals surface area contributed by atoms with E-state index in [1.54, 1.807) is 13.8 Å². The van der Waals surface area contributed by atoms with E-state index < -0.39 is 6.09 Å². The van der Waals surface area contributed by atoms with Crippen molar-refractivity contribution in [2.45, 2.75) is 26.9 Å². The maximum Gasteiger partial charge on any atom is 0.414 e. The van der Waals surface area contributed by atoms with Crippen molar-refractivity contribution in [2.75, 3.05) is 5.32 Å². The van der Waals surface area contributed by atoms with Crippen molar-refractivity contribution in [1.29, 1.82) is 0 Å². The van der Waals surface area contributed by atoms with E-state index in [0.29, 0.717) is 0 Å². The summed E-state index contributed by atoms with van der Waals surface area (Å²) in [4.78, 5) is 11.3. The second-order valence-corrected chi connectivity index (χ2v) is 2.94. The van der Waals surface area contributed by atoms with E-state index in [-0.39, 0.29) is 22.5 Å². The standard InChI is InChI=1S/C7H11N3O4/c1-4(2)13-7(11)8-6-5(3)10(12)14-9-6/h4H,1-3H3,(H,8,9,11). The molecule has 0 unspecified atom stereocenters. The molecule has 0 aromatic carbocycles. The first kappa shape index (κ1) is 10.3. The van der Waals surface area contributed by atoms with Crippen LogP contribution >= 0.6 is 0 Å². The van der Waals surface area contributed by atoms with Crippen molar-refractivity contribution in [1.82, 2.24) is 5.16 Å². The molecule has 0 atom stereocenters. The van der Waals surface area contributed by atoms with Gasteiger partial charge in [-0.3, -0.25) is 4.63 Å². The van der Waals surface area contributed by atoms with Crippen LogP contribution in [0.1, 0.15) is 19.5 Å². The highest BCUT2D eigenvalue weighted by Crippen LogP contribution is 2.06. The molecule has 1 rings (SSSR count). The van der Waals surface area contributed by atoms with Crippen LogP contribution in [0.15, 0.2) is 4.63 Å². The Balaban J connectivity index is 2.61. The lowest BCUT2D eigenvalue weighted by Gasteiger charge is -2.05. The van der Waals surface area contributed by atoms with Gasteiger partial charge in [0.25, 0.3) is 0 Å². The summed E-state index contributed by atoms with van der Waals surface area (Å²) in [6.07, 6.45) is -0.904. The summed E-state index contributed by atoms with van der Waals surface area (Å²) in [7, 11) is 0. The van der Waals surface area contributed by atoms with E-state index >= 15 is 0 Å². The zero-order valence-corrected chi connectivity index (χ0v) is 8.10. The van der Waals surface area contributed by atoms with Gasteiger partial charge >= 0.3 is 11.9 Å². The number of anilines is 1. The molecule has 0 fully saturated rings. The van der Waals surface area contributed by atoms with Gasteiger partial charge in [0.1, 0.15) is 0 Å². The number of amides is 1. The van der Waals surface area contributed by atoms with Gasteiger partial charge < -0.3 is 9.94 Å². The molecule has 0 aliphatic heterocycles. The van der Waals surface area contributed by atoms with Gasteiger partial charge in [-0.2, -0.15) is 0 Å². The first-order chi connectivity index (χ1) is 6.50. The van der Waals surface area contributed by atoms with Gasteiger partial charge in [-0.15, -0.1) is 0 Å². The van der Waals surface area contributed by atoms with Crippen LogP contribution in [0.25, 0.3) is 0 Å². The molecule has 7 heteroatoms. The summed E-state index contributed by atoms with van der Waals surface area (Å²) < 4.78 is 9.02. The average molecular weight is 201 g/mol. The first-order valence-corrected chi connectivity index (χ1v) is 4.04. The molecule has 0 saturated carbocycles. The van der Waals surface area contributed by atoms with Crippen LogP contribution in [0.2, 0.25) is 0 Å². The highest BCUT2D eigenvalue weighted by molar-refractivity contribution is 5.83. The summed E-state index contributed by atoms with van der Waals surface area (Å²) >= 11 is 0. The Bertz CT molecular complexity index is 334. The Morgan fingerprint density at radius 1 is 1.71 bits per heavy atom. The van der Waals surface area contributed by atoms with Crippen LogP contribution in [-0.4, -0.2) is 17.4 Å². The van der Waals surface area contributed by atoms with Crippen molar-refractivity contribution in [3.05, 3.63) is 10.9 Å². The number of carbonyl (C=O) groups is 1. The number of nitrogens with one attached hydrogen (secondary N) is 1. The van der Waals surface area contributed by atoms with Gasteiger partial charge in [0.15, 0.2) is 0 Å². The number of aromatic nitrogens is 2. The van der Waals surface area contributed by atoms with Gasteiger partial charge in [-0.25, -0.2) is 10.1 Å². The summed E-state index contributed by atoms with van der Waals surface area (Å²) in [6, 6.07) is 0. The third-order valence-corrected chi connectivity index (χ3v) is 1.39. The number of ether oxygens (including phenoxy) is 1. The monoisotopic (exact) mass is 201 g/mol. The molecule has 0 bridgehead atoms. The first-order valence-electron chi connectivity index (χ1n) is 4.04. The van der Waals surface area contributed by atoms with E-state index in [4.69, 9.17) is 4.74 Å². The minimum absolute atomic E-state index is 0.0608. The quantitative estimate of drug-likeness (QED) is 0.706. The van der Waals surface area contributed by atoms with Crippen LogP contribution in [0.3, 0.4) is 0 Å². The molecule has 0 spiro atoms. The molecular formula is C7H11N3O4. The number of hydrogen-bond donors (Lipinski definition) is 1. The molecule has 1 aromatic heterocycles. The number of hydrogen-bond acceptors (Lipinski definition) is 5. The normalized spacial score (nSPS) is 10.3. The van der Waals surface area contributed by atoms with Gasteiger partial charge in [0.05, 0.1) is 11.3 Å². The molecule has 1 aromatic rings. The van der Waals surface area contributed by atoms with Crippen molar-refractivity contribution < 1.29 is 19.1 Å². The number of carbonyl (C=O) groups excluding carboxylic acids is 1. The molecular weight excluding hydrogens is 190 g/mol. The molecule has 78 valence electrons. The molecule has 0 radical (unpaired) electrons. The Kier molecular flexibility index (Phi) is 2.90. The Morgan fingerprint density at radius 3 is 2.79 bits per heavy atom. The van der Waals surface area contributed by atoms with E-state index in [0.717, 1.165) is 0 Å². The lowest BCUT2D eigenvalue weighted by Crippen LogP contribution is -2.26. The van der Waals surface area contributed by atoms with Crippen LogP contribution in [0.4, 0.5) is 10.6 Å². The van der Waals surface area contributed by atoms with Gasteiger partial charge in [0, 0.05) is 6.92 Å². The van der Waals surface area contributed by atoms with Gasteiger partial charge in [0.2, 0.25) is 5.69 Å². The predicted molar refractivity (Wildman–Crippen MR) is 45.4 cm³/mol. The van der Waals surface area contributed by atoms with Gasteiger partial charge in [-0.05, 0) is 18.8 Å². The van der Waals surface area contributed by atoms with E-state index in [1.165, 1.54) is 6.92 Å². The van der Waals surface area contributed by atoms with Crippen molar-refractivity contribution >= 4 is 11.9 Å². The zero-order chi connectivity index (χ0) is 10.7. The topological polar surface area (TPSA) is 91.3 Å². The molecule has 7 nitrogen and oxygen atoms in total. The SMILES string of the molecule is Cc1c(NC(=O)OC(C)C)no[n+]1[O-]. The van der Waals surface area contributed by atoms with Crippen molar-refractivity contribution in [3.8, 4) is 0 Å². The fourth-order valence-electron chi connectivity index (χ4n) is 0.745. The minimum atomic E-state index is -0.669. The van der Waals surface area contributed by atoms with Crippen molar-refractivity contribution in [3.63, 3.8) is 0 Å².